The first-order valence-electron chi connectivity index (χ1n) is 12.9. The van der Waals surface area contributed by atoms with Crippen LogP contribution in [-0.4, -0.2) is 46.5 Å². The Morgan fingerprint density at radius 1 is 1.09 bits per heavy atom. The molecule has 7 nitrogen and oxygen atoms in total. The van der Waals surface area contributed by atoms with Crippen LogP contribution in [0.4, 0.5) is 4.79 Å². The van der Waals surface area contributed by atoms with Crippen molar-refractivity contribution in [2.24, 2.45) is 5.92 Å². The summed E-state index contributed by atoms with van der Waals surface area (Å²) in [6.07, 6.45) is 2.74. The summed E-state index contributed by atoms with van der Waals surface area (Å²) in [5.41, 5.74) is 2.12. The lowest BCUT2D eigenvalue weighted by Crippen LogP contribution is -2.59. The van der Waals surface area contributed by atoms with Gasteiger partial charge in [-0.3, -0.25) is 9.59 Å². The topological polar surface area (TPSA) is 87.7 Å². The van der Waals surface area contributed by atoms with Gasteiger partial charge >= 0.3 is 6.09 Å². The van der Waals surface area contributed by atoms with Gasteiger partial charge in [-0.15, -0.1) is 0 Å². The van der Waals surface area contributed by atoms with Gasteiger partial charge in [-0.2, -0.15) is 0 Å². The maximum atomic E-state index is 14.3. The van der Waals surface area contributed by atoms with Crippen LogP contribution >= 0.6 is 0 Å². The molecule has 0 saturated heterocycles. The van der Waals surface area contributed by atoms with E-state index >= 15 is 0 Å². The number of amides is 3. The molecule has 2 rings (SSSR count). The Bertz CT molecular complexity index is 902. The molecule has 2 N–H and O–H groups in total. The Balaban J connectivity index is 2.56. The second-order valence-corrected chi connectivity index (χ2v) is 11.3. The third-order valence-electron chi connectivity index (χ3n) is 6.56. The zero-order valence-corrected chi connectivity index (χ0v) is 23.0. The number of hydrogen-bond donors (Lipinski definition) is 2. The number of carbonyl (C=O) groups is 3. The minimum absolute atomic E-state index is 0.0580. The second kappa shape index (κ2) is 11.9. The van der Waals surface area contributed by atoms with Crippen molar-refractivity contribution in [3.8, 4) is 0 Å². The molecule has 3 atom stereocenters. The summed E-state index contributed by atoms with van der Waals surface area (Å²) in [7, 11) is 0. The van der Waals surface area contributed by atoms with Gasteiger partial charge in [-0.05, 0) is 84.8 Å². The summed E-state index contributed by atoms with van der Waals surface area (Å²) >= 11 is 0. The van der Waals surface area contributed by atoms with E-state index in [4.69, 9.17) is 4.74 Å². The maximum Gasteiger partial charge on any atom is 0.408 e. The van der Waals surface area contributed by atoms with Crippen LogP contribution in [0.2, 0.25) is 0 Å². The van der Waals surface area contributed by atoms with E-state index in [1.165, 1.54) is 0 Å². The van der Waals surface area contributed by atoms with E-state index in [1.807, 2.05) is 59.7 Å². The number of carbonyl (C=O) groups excluding carboxylic acids is 3. The van der Waals surface area contributed by atoms with Crippen molar-refractivity contribution in [2.45, 2.75) is 118 Å². The van der Waals surface area contributed by atoms with Gasteiger partial charge in [0.05, 0.1) is 0 Å². The van der Waals surface area contributed by atoms with E-state index in [1.54, 1.807) is 25.7 Å². The van der Waals surface area contributed by atoms with Gasteiger partial charge in [0.15, 0.2) is 0 Å². The average molecular weight is 488 g/mol. The Morgan fingerprint density at radius 3 is 2.20 bits per heavy atom. The quantitative estimate of drug-likeness (QED) is 0.502. The highest BCUT2D eigenvalue weighted by Crippen LogP contribution is 2.36. The summed E-state index contributed by atoms with van der Waals surface area (Å²) in [5.74, 6) is -0.571. The highest BCUT2D eigenvalue weighted by molar-refractivity contribution is 5.93. The van der Waals surface area contributed by atoms with Crippen molar-refractivity contribution < 1.29 is 19.1 Å². The largest absolute Gasteiger partial charge is 0.444 e. The summed E-state index contributed by atoms with van der Waals surface area (Å²) < 4.78 is 5.47. The van der Waals surface area contributed by atoms with Crippen molar-refractivity contribution in [1.29, 1.82) is 0 Å². The van der Waals surface area contributed by atoms with Gasteiger partial charge in [0.25, 0.3) is 0 Å². The summed E-state index contributed by atoms with van der Waals surface area (Å²) in [5, 5.41) is 5.87. The van der Waals surface area contributed by atoms with Crippen LogP contribution < -0.4 is 10.6 Å². The second-order valence-electron chi connectivity index (χ2n) is 11.3. The summed E-state index contributed by atoms with van der Waals surface area (Å²) in [6, 6.07) is 4.30. The molecular formula is C28H45N3O4. The zero-order chi connectivity index (χ0) is 26.5. The first-order valence-corrected chi connectivity index (χ1v) is 12.9. The molecule has 0 heterocycles. The molecule has 0 aromatic heterocycles. The van der Waals surface area contributed by atoms with Gasteiger partial charge in [0.2, 0.25) is 11.8 Å². The first-order chi connectivity index (χ1) is 16.2. The maximum absolute atomic E-state index is 14.3. The first kappa shape index (κ1) is 28.7. The van der Waals surface area contributed by atoms with Crippen LogP contribution in [0, 0.1) is 19.8 Å². The Kier molecular flexibility index (Phi) is 9.76. The standard InChI is InChI=1S/C28H45N3O4/c1-10-19(5)23(30-27(34)35-28(7,8)9)26(33)31(21-12-11-13-21)24(25(32)29-17(2)3)22-16-18(4)14-15-20(22)6/h14-17,19,21,23-24H,10-13H2,1-9H3,(H,29,32)(H,30,34). The fourth-order valence-corrected chi connectivity index (χ4v) is 4.30. The SMILES string of the molecule is CCC(C)C(NC(=O)OC(C)(C)C)C(=O)N(C1CCC1)C(C(=O)NC(C)C)c1cc(C)ccc1C. The Morgan fingerprint density at radius 2 is 1.71 bits per heavy atom. The predicted octanol–water partition coefficient (Wildman–Crippen LogP) is 5.19. The van der Waals surface area contributed by atoms with Gasteiger partial charge < -0.3 is 20.3 Å². The molecule has 1 aliphatic carbocycles. The molecule has 0 radical (unpaired) electrons. The van der Waals surface area contributed by atoms with Crippen molar-refractivity contribution in [3.05, 3.63) is 34.9 Å². The van der Waals surface area contributed by atoms with Crippen molar-refractivity contribution >= 4 is 17.9 Å². The summed E-state index contributed by atoms with van der Waals surface area (Å²) in [6.45, 7) is 17.1. The third kappa shape index (κ3) is 7.71. The lowest BCUT2D eigenvalue weighted by molar-refractivity contribution is -0.148. The molecule has 3 unspecified atom stereocenters. The van der Waals surface area contributed by atoms with E-state index < -0.39 is 23.8 Å². The van der Waals surface area contributed by atoms with Crippen LogP contribution in [0.25, 0.3) is 0 Å². The third-order valence-corrected chi connectivity index (χ3v) is 6.56. The number of benzene rings is 1. The number of aryl methyl sites for hydroxylation is 2. The smallest absolute Gasteiger partial charge is 0.408 e. The average Bonchev–Trinajstić information content (AvgIpc) is 2.69. The van der Waals surface area contributed by atoms with Gasteiger partial charge in [0.1, 0.15) is 17.7 Å². The van der Waals surface area contributed by atoms with Gasteiger partial charge in [0, 0.05) is 12.1 Å². The monoisotopic (exact) mass is 487 g/mol. The molecule has 1 aromatic rings. The molecular weight excluding hydrogens is 442 g/mol. The number of ether oxygens (including phenoxy) is 1. The number of alkyl carbamates (subject to hydrolysis) is 1. The highest BCUT2D eigenvalue weighted by Gasteiger charge is 2.43. The number of hydrogen-bond acceptors (Lipinski definition) is 4. The van der Waals surface area contributed by atoms with E-state index in [-0.39, 0.29) is 29.8 Å². The highest BCUT2D eigenvalue weighted by atomic mass is 16.6. The molecule has 0 spiro atoms. The van der Waals surface area contributed by atoms with E-state index in [2.05, 4.69) is 10.6 Å². The predicted molar refractivity (Wildman–Crippen MR) is 139 cm³/mol. The number of nitrogens with zero attached hydrogens (tertiary/aromatic N) is 1. The minimum Gasteiger partial charge on any atom is -0.444 e. The Hall–Kier alpha value is -2.57. The molecule has 1 saturated carbocycles. The lowest BCUT2D eigenvalue weighted by atomic mass is 9.86. The van der Waals surface area contributed by atoms with E-state index in [0.717, 1.165) is 36.0 Å². The van der Waals surface area contributed by atoms with Gasteiger partial charge in [-0.1, -0.05) is 44.0 Å². The summed E-state index contributed by atoms with van der Waals surface area (Å²) in [4.78, 5) is 42.4. The molecule has 35 heavy (non-hydrogen) atoms. The van der Waals surface area contributed by atoms with Crippen LogP contribution in [0.5, 0.6) is 0 Å². The molecule has 0 aliphatic heterocycles. The normalized spacial score (nSPS) is 16.6. The molecule has 3 amide bonds. The lowest BCUT2D eigenvalue weighted by Gasteiger charge is -2.44. The van der Waals surface area contributed by atoms with E-state index in [9.17, 15) is 14.4 Å². The molecule has 1 aromatic carbocycles. The van der Waals surface area contributed by atoms with Crippen LogP contribution in [0.15, 0.2) is 18.2 Å². The Labute approximate surface area is 211 Å². The van der Waals surface area contributed by atoms with Crippen molar-refractivity contribution in [2.75, 3.05) is 0 Å². The zero-order valence-electron chi connectivity index (χ0n) is 23.0. The van der Waals surface area contributed by atoms with E-state index in [0.29, 0.717) is 6.42 Å². The van der Waals surface area contributed by atoms with Crippen LogP contribution in [0.1, 0.15) is 96.9 Å². The fraction of sp³-hybridized carbons (Fsp3) is 0.679. The van der Waals surface area contributed by atoms with Crippen molar-refractivity contribution in [3.63, 3.8) is 0 Å². The molecule has 196 valence electrons. The molecule has 0 bridgehead atoms. The van der Waals surface area contributed by atoms with Crippen molar-refractivity contribution in [1.82, 2.24) is 15.5 Å². The molecule has 7 heteroatoms. The number of nitrogens with one attached hydrogen (secondary N) is 2. The van der Waals surface area contributed by atoms with Crippen LogP contribution in [-0.2, 0) is 14.3 Å². The fourth-order valence-electron chi connectivity index (χ4n) is 4.30. The molecule has 1 aliphatic rings. The number of rotatable bonds is 9. The van der Waals surface area contributed by atoms with Gasteiger partial charge in [-0.25, -0.2) is 4.79 Å². The minimum atomic E-state index is -0.796. The van der Waals surface area contributed by atoms with Crippen LogP contribution in [0.3, 0.4) is 0 Å². The molecule has 1 fully saturated rings.